The summed E-state index contributed by atoms with van der Waals surface area (Å²) in [4.78, 5) is 0. The highest BCUT2D eigenvalue weighted by molar-refractivity contribution is 6.35. The van der Waals surface area contributed by atoms with E-state index in [1.54, 1.807) is 12.3 Å². The summed E-state index contributed by atoms with van der Waals surface area (Å²) in [6.45, 7) is 2.72. The van der Waals surface area contributed by atoms with Crippen molar-refractivity contribution in [2.45, 2.75) is 25.9 Å². The maximum Gasteiger partial charge on any atom is 0.150 e. The highest BCUT2D eigenvalue weighted by Gasteiger charge is 2.13. The van der Waals surface area contributed by atoms with Crippen LogP contribution < -0.4 is 5.32 Å². The van der Waals surface area contributed by atoms with Crippen LogP contribution in [0.3, 0.4) is 0 Å². The number of hydrogen-bond acceptors (Lipinski definition) is 3. The maximum atomic E-state index is 6.20. The molecule has 1 heterocycles. The molecule has 0 aliphatic heterocycles. The third-order valence-electron chi connectivity index (χ3n) is 2.76. The minimum Gasteiger partial charge on any atom is -0.360 e. The molecule has 0 radical (unpaired) electrons. The quantitative estimate of drug-likeness (QED) is 0.893. The number of rotatable bonds is 5. The van der Waals surface area contributed by atoms with Crippen LogP contribution in [0.15, 0.2) is 35.0 Å². The van der Waals surface area contributed by atoms with Crippen molar-refractivity contribution >= 4 is 23.2 Å². The summed E-state index contributed by atoms with van der Waals surface area (Å²) in [5.74, 6) is 0.804. The molecule has 0 saturated heterocycles. The second-order valence-corrected chi connectivity index (χ2v) is 4.83. The van der Waals surface area contributed by atoms with Gasteiger partial charge in [0.25, 0.3) is 0 Å². The van der Waals surface area contributed by atoms with Crippen molar-refractivity contribution in [1.82, 2.24) is 10.5 Å². The lowest BCUT2D eigenvalue weighted by Gasteiger charge is -2.18. The van der Waals surface area contributed by atoms with E-state index in [1.807, 2.05) is 18.2 Å². The Morgan fingerprint density at radius 3 is 2.78 bits per heavy atom. The van der Waals surface area contributed by atoms with Crippen molar-refractivity contribution in [3.63, 3.8) is 0 Å². The molecule has 3 nitrogen and oxygen atoms in total. The van der Waals surface area contributed by atoms with Crippen molar-refractivity contribution in [3.8, 4) is 0 Å². The number of benzene rings is 1. The van der Waals surface area contributed by atoms with Gasteiger partial charge in [0.05, 0.1) is 12.7 Å². The summed E-state index contributed by atoms with van der Waals surface area (Å²) in [6.07, 6.45) is 2.56. The Morgan fingerprint density at radius 1 is 1.33 bits per heavy atom. The van der Waals surface area contributed by atoms with Crippen LogP contribution in [0.1, 0.15) is 30.7 Å². The summed E-state index contributed by atoms with van der Waals surface area (Å²) in [5, 5.41) is 8.38. The van der Waals surface area contributed by atoms with E-state index in [9.17, 15) is 0 Å². The molecule has 0 bridgehead atoms. The number of aromatic nitrogens is 1. The molecule has 1 unspecified atom stereocenters. The summed E-state index contributed by atoms with van der Waals surface area (Å²) in [5.41, 5.74) is 1.04. The van der Waals surface area contributed by atoms with Gasteiger partial charge in [-0.15, -0.1) is 0 Å². The van der Waals surface area contributed by atoms with E-state index >= 15 is 0 Å². The number of halogens is 2. The second kappa shape index (κ2) is 6.23. The topological polar surface area (TPSA) is 38.1 Å². The normalized spacial score (nSPS) is 12.6. The SMILES string of the molecule is CCC(NCc1ccno1)c1ccc(Cl)cc1Cl. The predicted octanol–water partition coefficient (Wildman–Crippen LogP) is 4.22. The Balaban J connectivity index is 2.08. The van der Waals surface area contributed by atoms with Crippen LogP contribution in [0.25, 0.3) is 0 Å². The molecule has 1 N–H and O–H groups in total. The lowest BCUT2D eigenvalue weighted by Crippen LogP contribution is -2.20. The average molecular weight is 285 g/mol. The van der Waals surface area contributed by atoms with Crippen LogP contribution in [0.2, 0.25) is 10.0 Å². The first-order valence-corrected chi connectivity index (χ1v) is 6.54. The van der Waals surface area contributed by atoms with Gasteiger partial charge in [-0.2, -0.15) is 0 Å². The first kappa shape index (κ1) is 13.4. The Bertz CT molecular complexity index is 500. The van der Waals surface area contributed by atoms with E-state index in [0.717, 1.165) is 17.7 Å². The lowest BCUT2D eigenvalue weighted by molar-refractivity contribution is 0.362. The van der Waals surface area contributed by atoms with E-state index in [0.29, 0.717) is 16.6 Å². The fraction of sp³-hybridized carbons (Fsp3) is 0.308. The molecule has 0 aliphatic rings. The first-order valence-electron chi connectivity index (χ1n) is 5.78. The second-order valence-electron chi connectivity index (χ2n) is 3.99. The van der Waals surface area contributed by atoms with Crippen LogP contribution >= 0.6 is 23.2 Å². The van der Waals surface area contributed by atoms with Crippen molar-refractivity contribution in [1.29, 1.82) is 0 Å². The van der Waals surface area contributed by atoms with Crippen LogP contribution in [-0.2, 0) is 6.54 Å². The molecule has 1 atom stereocenters. The summed E-state index contributed by atoms with van der Waals surface area (Å²) in [7, 11) is 0. The van der Waals surface area contributed by atoms with Crippen LogP contribution in [0.5, 0.6) is 0 Å². The molecular formula is C13H14Cl2N2O. The Labute approximate surface area is 116 Å². The summed E-state index contributed by atoms with van der Waals surface area (Å²) in [6, 6.07) is 7.56. The minimum atomic E-state index is 0.167. The molecule has 96 valence electrons. The smallest absolute Gasteiger partial charge is 0.150 e. The highest BCUT2D eigenvalue weighted by atomic mass is 35.5. The standard InChI is InChI=1S/C13H14Cl2N2O/c1-2-13(16-8-10-5-6-17-18-10)11-4-3-9(14)7-12(11)15/h3-7,13,16H,2,8H2,1H3. The summed E-state index contributed by atoms with van der Waals surface area (Å²) < 4.78 is 5.05. The molecule has 1 aromatic carbocycles. The van der Waals surface area contributed by atoms with Gasteiger partial charge in [0.1, 0.15) is 5.76 Å². The van der Waals surface area contributed by atoms with E-state index in [1.165, 1.54) is 0 Å². The molecule has 0 aliphatic carbocycles. The fourth-order valence-electron chi connectivity index (χ4n) is 1.82. The third-order valence-corrected chi connectivity index (χ3v) is 3.32. The van der Waals surface area contributed by atoms with E-state index in [2.05, 4.69) is 17.4 Å². The summed E-state index contributed by atoms with van der Waals surface area (Å²) >= 11 is 12.1. The molecule has 1 aromatic heterocycles. The molecule has 0 saturated carbocycles. The van der Waals surface area contributed by atoms with E-state index < -0.39 is 0 Å². The fourth-order valence-corrected chi connectivity index (χ4v) is 2.36. The minimum absolute atomic E-state index is 0.167. The van der Waals surface area contributed by atoms with Gasteiger partial charge in [-0.25, -0.2) is 0 Å². The van der Waals surface area contributed by atoms with Gasteiger partial charge >= 0.3 is 0 Å². The third kappa shape index (κ3) is 3.25. The Kier molecular flexibility index (Phi) is 4.64. The molecular weight excluding hydrogens is 271 g/mol. The monoisotopic (exact) mass is 284 g/mol. The van der Waals surface area contributed by atoms with Crippen molar-refractivity contribution in [2.24, 2.45) is 0 Å². The number of hydrogen-bond donors (Lipinski definition) is 1. The predicted molar refractivity (Wildman–Crippen MR) is 72.8 cm³/mol. The van der Waals surface area contributed by atoms with Crippen molar-refractivity contribution in [2.75, 3.05) is 0 Å². The average Bonchev–Trinajstić information content (AvgIpc) is 2.85. The van der Waals surface area contributed by atoms with Crippen LogP contribution in [0, 0.1) is 0 Å². The van der Waals surface area contributed by atoms with Crippen molar-refractivity contribution < 1.29 is 4.52 Å². The van der Waals surface area contributed by atoms with Crippen LogP contribution in [0.4, 0.5) is 0 Å². The largest absolute Gasteiger partial charge is 0.360 e. The maximum absolute atomic E-state index is 6.20. The number of nitrogens with zero attached hydrogens (tertiary/aromatic N) is 1. The zero-order valence-electron chi connectivity index (χ0n) is 9.99. The zero-order valence-corrected chi connectivity index (χ0v) is 11.5. The molecule has 2 aromatic rings. The van der Waals surface area contributed by atoms with Gasteiger partial charge < -0.3 is 9.84 Å². The Hall–Kier alpha value is -1.03. The highest BCUT2D eigenvalue weighted by Crippen LogP contribution is 2.28. The van der Waals surface area contributed by atoms with E-state index in [4.69, 9.17) is 27.7 Å². The first-order chi connectivity index (χ1) is 8.70. The lowest BCUT2D eigenvalue weighted by atomic mass is 10.0. The van der Waals surface area contributed by atoms with Gasteiger partial charge in [0.15, 0.2) is 0 Å². The molecule has 0 amide bonds. The Morgan fingerprint density at radius 2 is 2.17 bits per heavy atom. The van der Waals surface area contributed by atoms with Gasteiger partial charge in [0, 0.05) is 22.2 Å². The molecule has 2 rings (SSSR count). The van der Waals surface area contributed by atoms with Crippen LogP contribution in [-0.4, -0.2) is 5.16 Å². The van der Waals surface area contributed by atoms with Gasteiger partial charge in [0.2, 0.25) is 0 Å². The van der Waals surface area contributed by atoms with Gasteiger partial charge in [-0.1, -0.05) is 41.3 Å². The number of nitrogens with one attached hydrogen (secondary N) is 1. The van der Waals surface area contributed by atoms with E-state index in [-0.39, 0.29) is 6.04 Å². The molecule has 18 heavy (non-hydrogen) atoms. The molecule has 0 fully saturated rings. The molecule has 0 spiro atoms. The van der Waals surface area contributed by atoms with Crippen molar-refractivity contribution in [3.05, 3.63) is 51.8 Å². The van der Waals surface area contributed by atoms with Gasteiger partial charge in [-0.3, -0.25) is 0 Å². The molecule has 5 heteroatoms. The zero-order chi connectivity index (χ0) is 13.0. The van der Waals surface area contributed by atoms with Gasteiger partial charge in [-0.05, 0) is 24.1 Å².